The van der Waals surface area contributed by atoms with Crippen LogP contribution < -0.4 is 5.73 Å². The summed E-state index contributed by atoms with van der Waals surface area (Å²) in [7, 11) is 0. The molecule has 1 unspecified atom stereocenters. The summed E-state index contributed by atoms with van der Waals surface area (Å²) in [5.74, 6) is 0. The van der Waals surface area contributed by atoms with E-state index in [2.05, 4.69) is 37.6 Å². The van der Waals surface area contributed by atoms with Crippen LogP contribution in [0.4, 0.5) is 0 Å². The van der Waals surface area contributed by atoms with Crippen LogP contribution in [0.15, 0.2) is 24.4 Å². The number of nitrogens with two attached hydrogens (primary N) is 1. The molecule has 0 spiro atoms. The van der Waals surface area contributed by atoms with Crippen molar-refractivity contribution in [2.24, 2.45) is 5.73 Å². The Kier molecular flexibility index (Phi) is 5.68. The largest absolute Gasteiger partial charge is 0.377 e. The SMILES string of the molecule is CCC(N)Cc1cn(CCOC(C)C)c2cc(Cl)ccc12. The molecule has 0 fully saturated rings. The maximum atomic E-state index is 6.15. The number of hydrogen-bond acceptors (Lipinski definition) is 2. The number of ether oxygens (including phenoxy) is 1. The van der Waals surface area contributed by atoms with E-state index in [9.17, 15) is 0 Å². The summed E-state index contributed by atoms with van der Waals surface area (Å²) in [6.07, 6.45) is 4.33. The Morgan fingerprint density at radius 1 is 1.33 bits per heavy atom. The number of fused-ring (bicyclic) bond motifs is 1. The smallest absolute Gasteiger partial charge is 0.0649 e. The van der Waals surface area contributed by atoms with Gasteiger partial charge < -0.3 is 15.0 Å². The highest BCUT2D eigenvalue weighted by molar-refractivity contribution is 6.31. The molecule has 1 aromatic carbocycles. The molecule has 4 heteroatoms. The zero-order valence-corrected chi connectivity index (χ0v) is 13.9. The van der Waals surface area contributed by atoms with Gasteiger partial charge in [-0.3, -0.25) is 0 Å². The van der Waals surface area contributed by atoms with Crippen molar-refractivity contribution >= 4 is 22.5 Å². The fourth-order valence-corrected chi connectivity index (χ4v) is 2.67. The Hall–Kier alpha value is -1.03. The van der Waals surface area contributed by atoms with Crippen LogP contribution in [0.3, 0.4) is 0 Å². The molecule has 2 N–H and O–H groups in total. The normalized spacial score (nSPS) is 13.2. The van der Waals surface area contributed by atoms with Crippen molar-refractivity contribution < 1.29 is 4.74 Å². The van der Waals surface area contributed by atoms with Crippen molar-refractivity contribution in [2.45, 2.75) is 52.3 Å². The van der Waals surface area contributed by atoms with Gasteiger partial charge in [0.15, 0.2) is 0 Å². The molecule has 2 rings (SSSR count). The van der Waals surface area contributed by atoms with Gasteiger partial charge in [0.25, 0.3) is 0 Å². The molecule has 1 heterocycles. The van der Waals surface area contributed by atoms with Gasteiger partial charge in [0.2, 0.25) is 0 Å². The zero-order chi connectivity index (χ0) is 15.4. The number of hydrogen-bond donors (Lipinski definition) is 1. The van der Waals surface area contributed by atoms with Crippen LogP contribution in [-0.2, 0) is 17.7 Å². The van der Waals surface area contributed by atoms with Crippen molar-refractivity contribution in [3.63, 3.8) is 0 Å². The molecule has 0 amide bonds. The Labute approximate surface area is 132 Å². The van der Waals surface area contributed by atoms with E-state index >= 15 is 0 Å². The highest BCUT2D eigenvalue weighted by atomic mass is 35.5. The van der Waals surface area contributed by atoms with Crippen molar-refractivity contribution in [1.82, 2.24) is 4.57 Å². The highest BCUT2D eigenvalue weighted by Crippen LogP contribution is 2.26. The molecule has 0 saturated heterocycles. The number of benzene rings is 1. The van der Waals surface area contributed by atoms with Crippen molar-refractivity contribution in [1.29, 1.82) is 0 Å². The molecule has 0 bridgehead atoms. The van der Waals surface area contributed by atoms with E-state index < -0.39 is 0 Å². The van der Waals surface area contributed by atoms with Crippen LogP contribution in [-0.4, -0.2) is 23.3 Å². The molecule has 1 atom stereocenters. The lowest BCUT2D eigenvalue weighted by atomic mass is 10.0. The monoisotopic (exact) mass is 308 g/mol. The molecule has 0 aliphatic rings. The maximum Gasteiger partial charge on any atom is 0.0649 e. The summed E-state index contributed by atoms with van der Waals surface area (Å²) < 4.78 is 7.88. The van der Waals surface area contributed by atoms with Gasteiger partial charge in [-0.15, -0.1) is 0 Å². The molecular weight excluding hydrogens is 284 g/mol. The molecule has 3 nitrogen and oxygen atoms in total. The van der Waals surface area contributed by atoms with E-state index in [1.54, 1.807) is 0 Å². The molecule has 21 heavy (non-hydrogen) atoms. The molecule has 116 valence electrons. The van der Waals surface area contributed by atoms with E-state index in [1.807, 2.05) is 12.1 Å². The standard InChI is InChI=1S/C17H25ClN2O/c1-4-15(19)9-13-11-20(7-8-21-12(2)3)17-10-14(18)5-6-16(13)17/h5-6,10-12,15H,4,7-9,19H2,1-3H3. The Balaban J connectivity index is 2.28. The first-order valence-corrected chi connectivity index (χ1v) is 8.03. The lowest BCUT2D eigenvalue weighted by molar-refractivity contribution is 0.0733. The fraction of sp³-hybridized carbons (Fsp3) is 0.529. The number of rotatable bonds is 7. The molecular formula is C17H25ClN2O. The molecule has 0 aliphatic carbocycles. The summed E-state index contributed by atoms with van der Waals surface area (Å²) in [5.41, 5.74) is 8.57. The summed E-state index contributed by atoms with van der Waals surface area (Å²) >= 11 is 6.15. The van der Waals surface area contributed by atoms with E-state index in [1.165, 1.54) is 10.9 Å². The second-order valence-corrected chi connectivity index (χ2v) is 6.24. The van der Waals surface area contributed by atoms with E-state index in [4.69, 9.17) is 22.1 Å². The average molecular weight is 309 g/mol. The molecule has 0 radical (unpaired) electrons. The zero-order valence-electron chi connectivity index (χ0n) is 13.1. The highest BCUT2D eigenvalue weighted by Gasteiger charge is 2.11. The maximum absolute atomic E-state index is 6.15. The van der Waals surface area contributed by atoms with Gasteiger partial charge >= 0.3 is 0 Å². The van der Waals surface area contributed by atoms with Crippen LogP contribution in [0.2, 0.25) is 5.02 Å². The Bertz CT molecular complexity index is 592. The van der Waals surface area contributed by atoms with Crippen LogP contribution in [0.1, 0.15) is 32.8 Å². The van der Waals surface area contributed by atoms with Gasteiger partial charge in [-0.2, -0.15) is 0 Å². The summed E-state index contributed by atoms with van der Waals surface area (Å²) in [6.45, 7) is 7.76. The van der Waals surface area contributed by atoms with Gasteiger partial charge in [-0.05, 0) is 44.4 Å². The van der Waals surface area contributed by atoms with E-state index in [0.29, 0.717) is 6.61 Å². The minimum absolute atomic E-state index is 0.201. The third-order valence-electron chi connectivity index (χ3n) is 3.72. The van der Waals surface area contributed by atoms with Gasteiger partial charge in [-0.1, -0.05) is 24.6 Å². The van der Waals surface area contributed by atoms with Gasteiger partial charge in [0.1, 0.15) is 0 Å². The quantitative estimate of drug-likeness (QED) is 0.840. The minimum Gasteiger partial charge on any atom is -0.377 e. The Morgan fingerprint density at radius 3 is 2.76 bits per heavy atom. The van der Waals surface area contributed by atoms with Crippen LogP contribution in [0, 0.1) is 0 Å². The van der Waals surface area contributed by atoms with Gasteiger partial charge in [0, 0.05) is 34.7 Å². The average Bonchev–Trinajstić information content (AvgIpc) is 2.76. The fourth-order valence-electron chi connectivity index (χ4n) is 2.50. The third kappa shape index (κ3) is 4.22. The predicted octanol–water partition coefficient (Wildman–Crippen LogP) is 4.00. The minimum atomic E-state index is 0.201. The lowest BCUT2D eigenvalue weighted by Crippen LogP contribution is -2.21. The number of nitrogens with zero attached hydrogens (tertiary/aromatic N) is 1. The summed E-state index contributed by atoms with van der Waals surface area (Å²) in [4.78, 5) is 0. The van der Waals surface area contributed by atoms with Gasteiger partial charge in [-0.25, -0.2) is 0 Å². The first-order chi connectivity index (χ1) is 10.0. The van der Waals surface area contributed by atoms with Crippen LogP contribution in [0.5, 0.6) is 0 Å². The Morgan fingerprint density at radius 2 is 2.10 bits per heavy atom. The third-order valence-corrected chi connectivity index (χ3v) is 3.95. The summed E-state index contributed by atoms with van der Waals surface area (Å²) in [5, 5.41) is 2.01. The molecule has 1 aromatic heterocycles. The predicted molar refractivity (Wildman–Crippen MR) is 90.0 cm³/mol. The lowest BCUT2D eigenvalue weighted by Gasteiger charge is -2.09. The van der Waals surface area contributed by atoms with Crippen molar-refractivity contribution in [2.75, 3.05) is 6.61 Å². The first-order valence-electron chi connectivity index (χ1n) is 7.65. The first kappa shape index (κ1) is 16.3. The molecule has 2 aromatic rings. The number of aromatic nitrogens is 1. The van der Waals surface area contributed by atoms with Gasteiger partial charge in [0.05, 0.1) is 12.7 Å². The summed E-state index contributed by atoms with van der Waals surface area (Å²) in [6, 6.07) is 6.26. The molecule has 0 aliphatic heterocycles. The topological polar surface area (TPSA) is 40.2 Å². The number of halogens is 1. The van der Waals surface area contributed by atoms with E-state index in [-0.39, 0.29) is 12.1 Å². The van der Waals surface area contributed by atoms with Crippen LogP contribution in [0.25, 0.3) is 10.9 Å². The van der Waals surface area contributed by atoms with Crippen molar-refractivity contribution in [3.8, 4) is 0 Å². The molecule has 0 saturated carbocycles. The second kappa shape index (κ2) is 7.30. The van der Waals surface area contributed by atoms with E-state index in [0.717, 1.165) is 29.9 Å². The second-order valence-electron chi connectivity index (χ2n) is 5.80. The van der Waals surface area contributed by atoms with Crippen LogP contribution >= 0.6 is 11.6 Å². The van der Waals surface area contributed by atoms with Crippen molar-refractivity contribution in [3.05, 3.63) is 35.0 Å².